The van der Waals surface area contributed by atoms with Crippen LogP contribution in [0, 0.1) is 5.41 Å². The topological polar surface area (TPSA) is 65.8 Å². The number of hydrogen-bond acceptors (Lipinski definition) is 3. The summed E-state index contributed by atoms with van der Waals surface area (Å²) in [5.74, 6) is 0.241. The third-order valence-corrected chi connectivity index (χ3v) is 3.23. The number of hydrogen-bond donors (Lipinski definition) is 2. The summed E-state index contributed by atoms with van der Waals surface area (Å²) in [5.41, 5.74) is 0.424. The average molecular weight is 236 g/mol. The van der Waals surface area contributed by atoms with Gasteiger partial charge in [0, 0.05) is 13.6 Å². The van der Waals surface area contributed by atoms with Gasteiger partial charge in [-0.3, -0.25) is 15.1 Å². The third kappa shape index (κ3) is 3.23. The molecular weight excluding hydrogens is 216 g/mol. The van der Waals surface area contributed by atoms with E-state index in [0.29, 0.717) is 11.4 Å². The standard InChI is InChI=1S/C10H16N4O.C2H4/c1-11-9(12-2)14-8(15)7-5-10(3-4-10)6-13-7;1-2/h7,13H,1,3-6H2,2H3,(H,12,14,15);1-2H2. The fourth-order valence-corrected chi connectivity index (χ4v) is 2.02. The second-order valence-electron chi connectivity index (χ2n) is 4.33. The van der Waals surface area contributed by atoms with Gasteiger partial charge in [-0.05, 0) is 31.4 Å². The van der Waals surface area contributed by atoms with E-state index < -0.39 is 0 Å². The second kappa shape index (κ2) is 5.72. The van der Waals surface area contributed by atoms with Crippen LogP contribution in [0.3, 0.4) is 0 Å². The number of rotatable bonds is 1. The minimum atomic E-state index is -0.0917. The lowest BCUT2D eigenvalue weighted by Crippen LogP contribution is -2.42. The quantitative estimate of drug-likeness (QED) is 0.400. The van der Waals surface area contributed by atoms with Crippen LogP contribution < -0.4 is 10.6 Å². The van der Waals surface area contributed by atoms with Crippen LogP contribution in [0.4, 0.5) is 0 Å². The van der Waals surface area contributed by atoms with Gasteiger partial charge in [-0.1, -0.05) is 0 Å². The molecule has 1 heterocycles. The van der Waals surface area contributed by atoms with Crippen molar-refractivity contribution in [3.8, 4) is 0 Å². The largest absolute Gasteiger partial charge is 0.305 e. The maximum atomic E-state index is 11.7. The number of carbonyl (C=O) groups is 1. The van der Waals surface area contributed by atoms with Crippen LogP contribution in [0.5, 0.6) is 0 Å². The molecule has 0 bridgehead atoms. The molecule has 2 N–H and O–H groups in total. The van der Waals surface area contributed by atoms with E-state index >= 15 is 0 Å². The van der Waals surface area contributed by atoms with Crippen molar-refractivity contribution in [3.05, 3.63) is 13.2 Å². The van der Waals surface area contributed by atoms with Crippen molar-refractivity contribution in [1.82, 2.24) is 10.6 Å². The van der Waals surface area contributed by atoms with Crippen molar-refractivity contribution in [1.29, 1.82) is 0 Å². The SMILES string of the molecule is C=C.C=NC(=NC)NC(=O)C1CC2(CC2)CN1. The Labute approximate surface area is 102 Å². The Morgan fingerprint density at radius 3 is 2.53 bits per heavy atom. The molecule has 0 radical (unpaired) electrons. The number of guanidine groups is 1. The van der Waals surface area contributed by atoms with Crippen LogP contribution in [-0.4, -0.2) is 38.2 Å². The molecule has 94 valence electrons. The van der Waals surface area contributed by atoms with Gasteiger partial charge in [0.2, 0.25) is 11.9 Å². The monoisotopic (exact) mass is 236 g/mol. The van der Waals surface area contributed by atoms with E-state index in [-0.39, 0.29) is 11.9 Å². The summed E-state index contributed by atoms with van der Waals surface area (Å²) in [6.07, 6.45) is 3.43. The molecule has 1 saturated heterocycles. The highest BCUT2D eigenvalue weighted by molar-refractivity contribution is 6.00. The second-order valence-corrected chi connectivity index (χ2v) is 4.33. The first kappa shape index (κ1) is 13.6. The lowest BCUT2D eigenvalue weighted by atomic mass is 10.0. The molecule has 5 heteroatoms. The minimum Gasteiger partial charge on any atom is -0.305 e. The molecule has 1 aliphatic carbocycles. The van der Waals surface area contributed by atoms with E-state index in [4.69, 9.17) is 0 Å². The van der Waals surface area contributed by atoms with Crippen molar-refractivity contribution in [2.45, 2.75) is 25.3 Å². The molecule has 17 heavy (non-hydrogen) atoms. The molecule has 1 amide bonds. The van der Waals surface area contributed by atoms with Gasteiger partial charge in [0.15, 0.2) is 0 Å². The van der Waals surface area contributed by atoms with E-state index in [1.807, 2.05) is 0 Å². The van der Waals surface area contributed by atoms with Gasteiger partial charge in [0.05, 0.1) is 6.04 Å². The summed E-state index contributed by atoms with van der Waals surface area (Å²) in [5, 5.41) is 5.88. The van der Waals surface area contributed by atoms with Crippen LogP contribution in [-0.2, 0) is 4.79 Å². The molecule has 0 aromatic carbocycles. The van der Waals surface area contributed by atoms with Gasteiger partial charge in [-0.2, -0.15) is 0 Å². The summed E-state index contributed by atoms with van der Waals surface area (Å²) in [6, 6.07) is -0.0917. The van der Waals surface area contributed by atoms with Gasteiger partial charge in [0.1, 0.15) is 0 Å². The number of carbonyl (C=O) groups excluding carboxylic acids is 1. The molecule has 2 fully saturated rings. The zero-order chi connectivity index (χ0) is 12.9. The predicted octanol–water partition coefficient (Wildman–Crippen LogP) is 0.733. The maximum absolute atomic E-state index is 11.7. The lowest BCUT2D eigenvalue weighted by molar-refractivity contribution is -0.121. The highest BCUT2D eigenvalue weighted by Crippen LogP contribution is 2.51. The van der Waals surface area contributed by atoms with E-state index in [1.54, 1.807) is 7.05 Å². The number of amides is 1. The Hall–Kier alpha value is -1.49. The molecule has 0 aromatic rings. The van der Waals surface area contributed by atoms with Gasteiger partial charge < -0.3 is 5.32 Å². The van der Waals surface area contributed by atoms with Gasteiger partial charge in [-0.25, -0.2) is 4.99 Å². The molecule has 5 nitrogen and oxygen atoms in total. The molecule has 1 saturated carbocycles. The Balaban J connectivity index is 0.000000686. The zero-order valence-corrected chi connectivity index (χ0v) is 10.3. The number of aliphatic imine (C=N–C) groups is 2. The molecule has 1 aliphatic heterocycles. The Kier molecular flexibility index (Phi) is 4.57. The van der Waals surface area contributed by atoms with Crippen molar-refractivity contribution in [3.63, 3.8) is 0 Å². The van der Waals surface area contributed by atoms with Crippen LogP contribution >= 0.6 is 0 Å². The zero-order valence-electron chi connectivity index (χ0n) is 10.3. The molecule has 1 unspecified atom stereocenters. The van der Waals surface area contributed by atoms with Crippen molar-refractivity contribution in [2.24, 2.45) is 15.4 Å². The number of nitrogens with one attached hydrogen (secondary N) is 2. The molecule has 0 aromatic heterocycles. The fraction of sp³-hybridized carbons (Fsp3) is 0.583. The van der Waals surface area contributed by atoms with Crippen molar-refractivity contribution < 1.29 is 4.79 Å². The summed E-state index contributed by atoms with van der Waals surface area (Å²) in [6.45, 7) is 10.3. The highest BCUT2D eigenvalue weighted by atomic mass is 16.2. The molecular formula is C12H20N4O. The van der Waals surface area contributed by atoms with E-state index in [2.05, 4.69) is 40.5 Å². The van der Waals surface area contributed by atoms with Gasteiger partial charge in [-0.15, -0.1) is 13.2 Å². The first-order valence-corrected chi connectivity index (χ1v) is 5.67. The Morgan fingerprint density at radius 2 is 2.12 bits per heavy atom. The fourth-order valence-electron chi connectivity index (χ4n) is 2.02. The first-order valence-electron chi connectivity index (χ1n) is 5.67. The average Bonchev–Trinajstić information content (AvgIpc) is 2.98. The molecule has 2 aliphatic rings. The van der Waals surface area contributed by atoms with Crippen LogP contribution in [0.25, 0.3) is 0 Å². The van der Waals surface area contributed by atoms with Crippen molar-refractivity contribution in [2.75, 3.05) is 13.6 Å². The van der Waals surface area contributed by atoms with Crippen molar-refractivity contribution >= 4 is 18.6 Å². The molecule has 2 rings (SSSR count). The number of nitrogens with zero attached hydrogens (tertiary/aromatic N) is 2. The van der Waals surface area contributed by atoms with Crippen LogP contribution in [0.1, 0.15) is 19.3 Å². The Morgan fingerprint density at radius 1 is 1.47 bits per heavy atom. The summed E-state index contributed by atoms with van der Waals surface area (Å²) in [4.78, 5) is 19.2. The summed E-state index contributed by atoms with van der Waals surface area (Å²) >= 11 is 0. The smallest absolute Gasteiger partial charge is 0.243 e. The predicted molar refractivity (Wildman–Crippen MR) is 70.4 cm³/mol. The molecule has 1 spiro atoms. The Bertz CT molecular complexity index is 333. The van der Waals surface area contributed by atoms with Crippen LogP contribution in [0.15, 0.2) is 23.1 Å². The van der Waals surface area contributed by atoms with Gasteiger partial charge in [0.25, 0.3) is 0 Å². The first-order chi connectivity index (χ1) is 8.19. The summed E-state index contributed by atoms with van der Waals surface area (Å²) < 4.78 is 0. The lowest BCUT2D eigenvalue weighted by Gasteiger charge is -2.10. The maximum Gasteiger partial charge on any atom is 0.243 e. The third-order valence-electron chi connectivity index (χ3n) is 3.23. The highest BCUT2D eigenvalue weighted by Gasteiger charge is 2.49. The van der Waals surface area contributed by atoms with Gasteiger partial charge >= 0.3 is 0 Å². The van der Waals surface area contributed by atoms with Crippen LogP contribution in [0.2, 0.25) is 0 Å². The van der Waals surface area contributed by atoms with E-state index in [0.717, 1.165) is 13.0 Å². The minimum absolute atomic E-state index is 0.0493. The molecule has 1 atom stereocenters. The summed E-state index contributed by atoms with van der Waals surface area (Å²) in [7, 11) is 1.58. The van der Waals surface area contributed by atoms with E-state index in [1.165, 1.54) is 12.8 Å². The van der Waals surface area contributed by atoms with E-state index in [9.17, 15) is 4.79 Å². The normalized spacial score (nSPS) is 24.8.